The van der Waals surface area contributed by atoms with E-state index in [4.69, 9.17) is 27.1 Å². The first-order chi connectivity index (χ1) is 20.8. The summed E-state index contributed by atoms with van der Waals surface area (Å²) in [6.45, 7) is 0.284. The van der Waals surface area contributed by atoms with Gasteiger partial charge in [0.15, 0.2) is 5.96 Å². The van der Waals surface area contributed by atoms with E-state index in [1.165, 1.54) is 0 Å². The molecule has 14 heteroatoms. The summed E-state index contributed by atoms with van der Waals surface area (Å²) < 4.78 is 31.7. The van der Waals surface area contributed by atoms with Crippen LogP contribution in [0.2, 0.25) is 0 Å². The maximum atomic E-state index is 13.4. The lowest BCUT2D eigenvalue weighted by atomic mass is 9.98. The van der Waals surface area contributed by atoms with Crippen molar-refractivity contribution < 1.29 is 37.5 Å². The Hall–Kier alpha value is -5.40. The van der Waals surface area contributed by atoms with Crippen molar-refractivity contribution >= 4 is 29.7 Å². The van der Waals surface area contributed by atoms with E-state index in [-0.39, 0.29) is 25.3 Å². The molecule has 0 saturated carbocycles. The minimum Gasteiger partial charge on any atom is -0.475 e. The standard InChI is InChI=1S/C28H32N6O3.C2HF3O2/c29-25(35)24(18-19-10-3-1-4-11-19)34-27(37)23(16-9-17-32-28(30)31)33-26(36)22-15-8-7-14-21(22)20-12-5-2-6-13-20;3-2(4,5)1(6)7/h1-8,10-15,23-24H,9,16-18H2,(H2,29,35)(H,33,36)(H,34,37)(H4,30,31,32);(H,6,7)/t23-,24-;/m0./s1. The van der Waals surface area contributed by atoms with Crippen LogP contribution in [0.15, 0.2) is 89.9 Å². The topological polar surface area (TPSA) is 203 Å². The van der Waals surface area contributed by atoms with E-state index in [0.29, 0.717) is 12.0 Å². The summed E-state index contributed by atoms with van der Waals surface area (Å²) in [5.74, 6) is -4.42. The van der Waals surface area contributed by atoms with Crippen LogP contribution in [-0.2, 0) is 20.8 Å². The molecule has 0 aromatic heterocycles. The number of rotatable bonds is 12. The number of aliphatic imine (C=N–C) groups is 1. The third kappa shape index (κ3) is 11.8. The molecular weight excluding hydrogens is 581 g/mol. The smallest absolute Gasteiger partial charge is 0.475 e. The van der Waals surface area contributed by atoms with Crippen molar-refractivity contribution in [1.29, 1.82) is 0 Å². The minimum absolute atomic E-state index is 0.0570. The molecule has 0 aliphatic carbocycles. The lowest BCUT2D eigenvalue weighted by Gasteiger charge is -2.22. The molecule has 0 saturated heterocycles. The van der Waals surface area contributed by atoms with E-state index >= 15 is 0 Å². The van der Waals surface area contributed by atoms with Gasteiger partial charge in [0.05, 0.1) is 0 Å². The first-order valence-corrected chi connectivity index (χ1v) is 13.2. The summed E-state index contributed by atoms with van der Waals surface area (Å²) >= 11 is 0. The quantitative estimate of drug-likeness (QED) is 0.102. The lowest BCUT2D eigenvalue weighted by molar-refractivity contribution is -0.192. The first-order valence-electron chi connectivity index (χ1n) is 13.2. The normalized spacial score (nSPS) is 12.0. The summed E-state index contributed by atoms with van der Waals surface area (Å²) in [7, 11) is 0. The molecule has 0 bridgehead atoms. The highest BCUT2D eigenvalue weighted by Gasteiger charge is 2.38. The number of nitrogens with zero attached hydrogens (tertiary/aromatic N) is 1. The molecule has 3 aromatic rings. The Kier molecular flexibility index (Phi) is 13.4. The molecule has 9 N–H and O–H groups in total. The highest BCUT2D eigenvalue weighted by molar-refractivity contribution is 6.03. The Morgan fingerprint density at radius 3 is 1.89 bits per heavy atom. The third-order valence-corrected chi connectivity index (χ3v) is 6.01. The SMILES string of the molecule is NC(=O)[C@H](Cc1ccccc1)NC(=O)[C@H](CCCN=C(N)N)NC(=O)c1ccccc1-c1ccccc1.O=C(O)C(F)(F)F. The summed E-state index contributed by atoms with van der Waals surface area (Å²) in [6.07, 6.45) is -4.18. The van der Waals surface area contributed by atoms with Crippen molar-refractivity contribution in [1.82, 2.24) is 10.6 Å². The number of primary amides is 1. The lowest BCUT2D eigenvalue weighted by Crippen LogP contribution is -2.53. The fraction of sp³-hybridized carbons (Fsp3) is 0.233. The summed E-state index contributed by atoms with van der Waals surface area (Å²) in [6, 6.07) is 24.0. The molecule has 2 atom stereocenters. The number of guanidine groups is 1. The second kappa shape index (κ2) is 16.9. The average molecular weight is 615 g/mol. The number of benzene rings is 3. The molecule has 3 amide bonds. The van der Waals surface area contributed by atoms with Crippen molar-refractivity contribution in [2.24, 2.45) is 22.2 Å². The van der Waals surface area contributed by atoms with E-state index < -0.39 is 42.0 Å². The van der Waals surface area contributed by atoms with Gasteiger partial charge >= 0.3 is 12.1 Å². The predicted octanol–water partition coefficient (Wildman–Crippen LogP) is 2.35. The van der Waals surface area contributed by atoms with Crippen LogP contribution < -0.4 is 27.8 Å². The molecular formula is C30H33F3N6O5. The number of hydrogen-bond acceptors (Lipinski definition) is 5. The summed E-state index contributed by atoms with van der Waals surface area (Å²) in [5.41, 5.74) is 19.2. The number of alkyl halides is 3. The zero-order valence-corrected chi connectivity index (χ0v) is 23.5. The van der Waals surface area contributed by atoms with Gasteiger partial charge in [0.25, 0.3) is 5.91 Å². The van der Waals surface area contributed by atoms with E-state index in [2.05, 4.69) is 15.6 Å². The average Bonchev–Trinajstić information content (AvgIpc) is 2.98. The Balaban J connectivity index is 0.000000860. The van der Waals surface area contributed by atoms with Crippen LogP contribution in [0.1, 0.15) is 28.8 Å². The van der Waals surface area contributed by atoms with E-state index in [1.807, 2.05) is 72.8 Å². The molecule has 0 aliphatic rings. The van der Waals surface area contributed by atoms with Gasteiger partial charge in [-0.3, -0.25) is 19.4 Å². The number of aliphatic carboxylic acids is 1. The van der Waals surface area contributed by atoms with Gasteiger partial charge in [-0.2, -0.15) is 13.2 Å². The fourth-order valence-electron chi connectivity index (χ4n) is 3.90. The van der Waals surface area contributed by atoms with Gasteiger partial charge in [0.1, 0.15) is 12.1 Å². The molecule has 3 aromatic carbocycles. The number of carboxylic acids is 1. The van der Waals surface area contributed by atoms with Crippen LogP contribution in [0.3, 0.4) is 0 Å². The number of carbonyl (C=O) groups excluding carboxylic acids is 3. The molecule has 0 fully saturated rings. The molecule has 0 aliphatic heterocycles. The maximum absolute atomic E-state index is 13.4. The van der Waals surface area contributed by atoms with Gasteiger partial charge in [-0.25, -0.2) is 4.79 Å². The maximum Gasteiger partial charge on any atom is 0.490 e. The fourth-order valence-corrected chi connectivity index (χ4v) is 3.90. The van der Waals surface area contributed by atoms with Crippen LogP contribution in [-0.4, -0.2) is 59.6 Å². The largest absolute Gasteiger partial charge is 0.490 e. The van der Waals surface area contributed by atoms with E-state index in [1.54, 1.807) is 12.1 Å². The third-order valence-electron chi connectivity index (χ3n) is 6.01. The second-order valence-electron chi connectivity index (χ2n) is 9.34. The van der Waals surface area contributed by atoms with Crippen LogP contribution in [0.25, 0.3) is 11.1 Å². The van der Waals surface area contributed by atoms with Crippen LogP contribution >= 0.6 is 0 Å². The van der Waals surface area contributed by atoms with Gasteiger partial charge in [-0.05, 0) is 35.6 Å². The summed E-state index contributed by atoms with van der Waals surface area (Å²) in [4.78, 5) is 51.6. The van der Waals surface area contributed by atoms with E-state index in [0.717, 1.165) is 16.7 Å². The van der Waals surface area contributed by atoms with Crippen LogP contribution in [0.4, 0.5) is 13.2 Å². The molecule has 3 rings (SSSR count). The van der Waals surface area contributed by atoms with Gasteiger partial charge in [0, 0.05) is 18.5 Å². The van der Waals surface area contributed by atoms with Crippen molar-refractivity contribution in [2.75, 3.05) is 6.54 Å². The van der Waals surface area contributed by atoms with E-state index in [9.17, 15) is 27.6 Å². The molecule has 0 unspecified atom stereocenters. The van der Waals surface area contributed by atoms with Gasteiger partial charge < -0.3 is 32.9 Å². The molecule has 234 valence electrons. The number of carboxylic acid groups (broad SMARTS) is 1. The van der Waals surface area contributed by atoms with Gasteiger partial charge in [-0.1, -0.05) is 78.9 Å². The second-order valence-corrected chi connectivity index (χ2v) is 9.34. The monoisotopic (exact) mass is 614 g/mol. The van der Waals surface area contributed by atoms with Crippen LogP contribution in [0, 0.1) is 0 Å². The highest BCUT2D eigenvalue weighted by atomic mass is 19.4. The van der Waals surface area contributed by atoms with Crippen molar-refractivity contribution in [3.63, 3.8) is 0 Å². The Morgan fingerprint density at radius 2 is 1.34 bits per heavy atom. The zero-order chi connectivity index (χ0) is 32.7. The molecule has 0 heterocycles. The first kappa shape index (κ1) is 34.8. The Labute approximate surface area is 251 Å². The number of nitrogens with two attached hydrogens (primary N) is 3. The Bertz CT molecular complexity index is 1430. The number of halogens is 3. The molecule has 0 radical (unpaired) electrons. The predicted molar refractivity (Wildman–Crippen MR) is 158 cm³/mol. The minimum atomic E-state index is -5.08. The highest BCUT2D eigenvalue weighted by Crippen LogP contribution is 2.23. The number of amides is 3. The number of carbonyl (C=O) groups is 4. The van der Waals surface area contributed by atoms with Gasteiger partial charge in [-0.15, -0.1) is 0 Å². The van der Waals surface area contributed by atoms with Crippen molar-refractivity contribution in [3.05, 3.63) is 96.1 Å². The van der Waals surface area contributed by atoms with Crippen LogP contribution in [0.5, 0.6) is 0 Å². The van der Waals surface area contributed by atoms with Gasteiger partial charge in [0.2, 0.25) is 11.8 Å². The molecule has 11 nitrogen and oxygen atoms in total. The number of nitrogens with one attached hydrogen (secondary N) is 2. The molecule has 44 heavy (non-hydrogen) atoms. The summed E-state index contributed by atoms with van der Waals surface area (Å²) in [5, 5.41) is 12.7. The Morgan fingerprint density at radius 1 is 0.795 bits per heavy atom. The number of hydrogen-bond donors (Lipinski definition) is 6. The molecule has 0 spiro atoms. The van der Waals surface area contributed by atoms with Crippen molar-refractivity contribution in [2.45, 2.75) is 37.5 Å². The zero-order valence-electron chi connectivity index (χ0n) is 23.5. The van der Waals surface area contributed by atoms with Crippen molar-refractivity contribution in [3.8, 4) is 11.1 Å².